The molecule has 1 aromatic heterocycles. The van der Waals surface area contributed by atoms with E-state index in [-0.39, 0.29) is 30.2 Å². The van der Waals surface area contributed by atoms with Crippen molar-refractivity contribution in [1.82, 2.24) is 14.6 Å². The topological polar surface area (TPSA) is 144 Å². The number of nitrogens with zero attached hydrogens (tertiary/aromatic N) is 2. The van der Waals surface area contributed by atoms with Gasteiger partial charge < -0.3 is 19.7 Å². The molecule has 1 aliphatic heterocycles. The fraction of sp³-hybridized carbons (Fsp3) is 0.435. The number of rotatable bonds is 10. The third kappa shape index (κ3) is 6.79. The zero-order valence-electron chi connectivity index (χ0n) is 20.1. The molecule has 0 aliphatic carbocycles. The highest BCUT2D eigenvalue weighted by Crippen LogP contribution is 2.47. The Kier molecular flexibility index (Phi) is 8.50. The van der Waals surface area contributed by atoms with E-state index < -0.39 is 37.8 Å². The molecule has 5 atom stereocenters. The number of hydrogen-bond donors (Lipinski definition) is 2. The van der Waals surface area contributed by atoms with Crippen LogP contribution in [0.2, 0.25) is 0 Å². The van der Waals surface area contributed by atoms with Gasteiger partial charge in [-0.3, -0.25) is 13.9 Å². The molecule has 0 radical (unpaired) electrons. The second-order valence-corrected chi connectivity index (χ2v) is 10.1. The Bertz CT molecular complexity index is 1150. The lowest BCUT2D eigenvalue weighted by Gasteiger charge is -2.24. The second-order valence-electron chi connectivity index (χ2n) is 8.46. The summed E-state index contributed by atoms with van der Waals surface area (Å²) < 4.78 is 37.5. The van der Waals surface area contributed by atoms with Crippen LogP contribution in [0.1, 0.15) is 33.9 Å². The highest BCUT2D eigenvalue weighted by atomic mass is 31.2. The molecule has 2 heterocycles. The summed E-state index contributed by atoms with van der Waals surface area (Å²) in [4.78, 5) is 28.3. The average molecular weight is 506 g/mol. The number of benzene rings is 1. The van der Waals surface area contributed by atoms with E-state index in [4.69, 9.17) is 24.3 Å². The summed E-state index contributed by atoms with van der Waals surface area (Å²) in [5.74, 6) is -0.490. The van der Waals surface area contributed by atoms with Crippen molar-refractivity contribution in [2.45, 2.75) is 52.2 Å². The molecule has 0 amide bonds. The van der Waals surface area contributed by atoms with Crippen LogP contribution < -0.4 is 21.0 Å². The monoisotopic (exact) mass is 506 g/mol. The van der Waals surface area contributed by atoms with E-state index in [1.54, 1.807) is 44.2 Å². The lowest BCUT2D eigenvalue weighted by atomic mass is 10.0. The average Bonchev–Trinajstić information content (AvgIpc) is 3.06. The smallest absolute Gasteiger partial charge is 0.459 e. The normalized spacial score (nSPS) is 22.5. The van der Waals surface area contributed by atoms with Gasteiger partial charge in [0, 0.05) is 12.1 Å². The number of nitrogens with one attached hydrogen (secondary N) is 1. The molecule has 2 aromatic rings. The fourth-order valence-electron chi connectivity index (χ4n) is 3.42. The van der Waals surface area contributed by atoms with Crippen molar-refractivity contribution in [3.8, 4) is 5.75 Å². The number of carbonyl (C=O) groups excluding carboxylic acids is 1. The number of carbonyl (C=O) groups is 1. The zero-order chi connectivity index (χ0) is 25.8. The van der Waals surface area contributed by atoms with Gasteiger partial charge in [-0.1, -0.05) is 31.7 Å². The van der Waals surface area contributed by atoms with Crippen LogP contribution in [0, 0.1) is 5.92 Å². The lowest BCUT2D eigenvalue weighted by Crippen LogP contribution is -2.36. The molecule has 11 nitrogen and oxygen atoms in total. The number of para-hydroxylation sites is 1. The van der Waals surface area contributed by atoms with Gasteiger partial charge in [0.15, 0.2) is 0 Å². The summed E-state index contributed by atoms with van der Waals surface area (Å²) in [6.45, 7) is 10.6. The maximum absolute atomic E-state index is 13.6. The lowest BCUT2D eigenvalue weighted by molar-refractivity contribution is -0.149. The van der Waals surface area contributed by atoms with Crippen molar-refractivity contribution < 1.29 is 27.9 Å². The second kappa shape index (κ2) is 11.2. The third-order valence-electron chi connectivity index (χ3n) is 5.28. The quantitative estimate of drug-likeness (QED) is 0.280. The molecule has 5 unspecified atom stereocenters. The van der Waals surface area contributed by atoms with Crippen LogP contribution in [-0.2, 0) is 23.4 Å². The third-order valence-corrected chi connectivity index (χ3v) is 6.92. The Balaban J connectivity index is 1.75. The number of nitrogen functional groups attached to an aromatic ring is 1. The highest BCUT2D eigenvalue weighted by molar-refractivity contribution is 7.52. The standard InChI is InChI=1S/C23H31N4O7P/c1-14(2)32-22(28)17(5)26-35(30,34-18-9-7-6-8-10-18)31-13-19-15(3)16(4)21(33-19)27-12-11-20(24)25-23(27)29/h6-12,14,16-17,19,21H,3,13H2,1-2,4-5H3,(H,26,30)(H2,24,25,29). The van der Waals surface area contributed by atoms with Crippen molar-refractivity contribution >= 4 is 19.5 Å². The minimum Gasteiger partial charge on any atom is -0.462 e. The number of nitrogens with two attached hydrogens (primary N) is 1. The van der Waals surface area contributed by atoms with E-state index in [0.29, 0.717) is 5.57 Å². The summed E-state index contributed by atoms with van der Waals surface area (Å²) in [7, 11) is -4.07. The molecular weight excluding hydrogens is 475 g/mol. The molecule has 12 heteroatoms. The number of ether oxygens (including phenoxy) is 2. The predicted molar refractivity (Wildman–Crippen MR) is 130 cm³/mol. The van der Waals surface area contributed by atoms with Crippen molar-refractivity contribution in [3.63, 3.8) is 0 Å². The molecule has 0 saturated carbocycles. The Morgan fingerprint density at radius 2 is 1.97 bits per heavy atom. The predicted octanol–water partition coefficient (Wildman–Crippen LogP) is 3.05. The van der Waals surface area contributed by atoms with Crippen LogP contribution in [0.4, 0.5) is 5.82 Å². The van der Waals surface area contributed by atoms with Gasteiger partial charge in [-0.25, -0.2) is 9.36 Å². The van der Waals surface area contributed by atoms with Gasteiger partial charge in [0.25, 0.3) is 0 Å². The summed E-state index contributed by atoms with van der Waals surface area (Å²) in [5, 5.41) is 2.63. The number of aromatic nitrogens is 2. The van der Waals surface area contributed by atoms with E-state index in [1.807, 2.05) is 6.92 Å². The molecule has 35 heavy (non-hydrogen) atoms. The Labute approximate surface area is 203 Å². The first-order chi connectivity index (χ1) is 16.5. The van der Waals surface area contributed by atoms with Crippen LogP contribution >= 0.6 is 7.75 Å². The zero-order valence-corrected chi connectivity index (χ0v) is 21.0. The highest BCUT2D eigenvalue weighted by Gasteiger charge is 2.40. The molecule has 3 rings (SSSR count). The van der Waals surface area contributed by atoms with Gasteiger partial charge in [-0.2, -0.15) is 10.1 Å². The summed E-state index contributed by atoms with van der Waals surface area (Å²) in [6, 6.07) is 8.93. The van der Waals surface area contributed by atoms with Crippen molar-refractivity contribution in [3.05, 3.63) is 65.2 Å². The Morgan fingerprint density at radius 1 is 1.29 bits per heavy atom. The summed E-state index contributed by atoms with van der Waals surface area (Å²) in [6.07, 6.45) is -0.247. The molecule has 3 N–H and O–H groups in total. The van der Waals surface area contributed by atoms with Crippen LogP contribution in [0.15, 0.2) is 59.5 Å². The molecule has 1 fully saturated rings. The van der Waals surface area contributed by atoms with Crippen LogP contribution in [-0.4, -0.2) is 40.4 Å². The van der Waals surface area contributed by atoms with Crippen molar-refractivity contribution in [1.29, 1.82) is 0 Å². The largest absolute Gasteiger partial charge is 0.462 e. The maximum atomic E-state index is 13.6. The summed E-state index contributed by atoms with van der Waals surface area (Å²) >= 11 is 0. The molecular formula is C23H31N4O7P. The van der Waals surface area contributed by atoms with Gasteiger partial charge in [0.05, 0.1) is 12.7 Å². The van der Waals surface area contributed by atoms with Gasteiger partial charge in [0.1, 0.15) is 29.9 Å². The van der Waals surface area contributed by atoms with Crippen LogP contribution in [0.3, 0.4) is 0 Å². The minimum absolute atomic E-state index is 0.103. The first kappa shape index (κ1) is 26.6. The fourth-order valence-corrected chi connectivity index (χ4v) is 4.91. The summed E-state index contributed by atoms with van der Waals surface area (Å²) in [5.41, 5.74) is 5.65. The van der Waals surface area contributed by atoms with Crippen molar-refractivity contribution in [2.24, 2.45) is 5.92 Å². The minimum atomic E-state index is -4.07. The molecule has 0 spiro atoms. The van der Waals surface area contributed by atoms with Crippen LogP contribution in [0.5, 0.6) is 5.75 Å². The first-order valence-electron chi connectivity index (χ1n) is 11.2. The maximum Gasteiger partial charge on any atom is 0.459 e. The molecule has 190 valence electrons. The van der Waals surface area contributed by atoms with E-state index in [9.17, 15) is 14.2 Å². The van der Waals surface area contributed by atoms with E-state index in [1.165, 1.54) is 23.8 Å². The van der Waals surface area contributed by atoms with Gasteiger partial charge in [-0.05, 0) is 44.5 Å². The van der Waals surface area contributed by atoms with Gasteiger partial charge in [0.2, 0.25) is 0 Å². The van der Waals surface area contributed by atoms with Crippen molar-refractivity contribution in [2.75, 3.05) is 12.3 Å². The van der Waals surface area contributed by atoms with Crippen LogP contribution in [0.25, 0.3) is 0 Å². The van der Waals surface area contributed by atoms with Gasteiger partial charge in [-0.15, -0.1) is 0 Å². The first-order valence-corrected chi connectivity index (χ1v) is 12.7. The SMILES string of the molecule is C=C1C(COP(=O)(NC(C)C(=O)OC(C)C)Oc2ccccc2)OC(n2ccc(N)nc2=O)C1C. The molecule has 0 bridgehead atoms. The van der Waals surface area contributed by atoms with Gasteiger partial charge >= 0.3 is 19.4 Å². The Hall–Kier alpha value is -2.98. The molecule has 1 aromatic carbocycles. The van der Waals surface area contributed by atoms with E-state index >= 15 is 0 Å². The number of esters is 1. The molecule has 1 saturated heterocycles. The molecule has 1 aliphatic rings. The number of anilines is 1. The number of hydrogen-bond acceptors (Lipinski definition) is 9. The Morgan fingerprint density at radius 3 is 2.60 bits per heavy atom. The van der Waals surface area contributed by atoms with E-state index in [0.717, 1.165) is 0 Å². The van der Waals surface area contributed by atoms with E-state index in [2.05, 4.69) is 16.7 Å².